The van der Waals surface area contributed by atoms with E-state index in [1.807, 2.05) is 24.3 Å². The van der Waals surface area contributed by atoms with Gasteiger partial charge in [-0.2, -0.15) is 4.68 Å². The van der Waals surface area contributed by atoms with Crippen molar-refractivity contribution in [1.82, 2.24) is 14.8 Å². The average Bonchev–Trinajstić information content (AvgIpc) is 3.01. The molecule has 0 spiro atoms. The van der Waals surface area contributed by atoms with Crippen molar-refractivity contribution >= 4 is 29.3 Å². The topological polar surface area (TPSA) is 47.8 Å². The largest absolute Gasteiger partial charge is 0.272 e. The summed E-state index contributed by atoms with van der Waals surface area (Å²) >= 11 is 7.41. The smallest absolute Gasteiger partial charge is 0.250 e. The molecule has 0 saturated carbocycles. The molecule has 0 radical (unpaired) electrons. The zero-order chi connectivity index (χ0) is 16.7. The van der Waals surface area contributed by atoms with Crippen molar-refractivity contribution in [1.29, 1.82) is 0 Å². The quantitative estimate of drug-likeness (QED) is 0.670. The van der Waals surface area contributed by atoms with Crippen LogP contribution in [0.25, 0.3) is 11.4 Å². The second kappa shape index (κ2) is 6.03. The van der Waals surface area contributed by atoms with E-state index in [1.165, 1.54) is 28.6 Å². The third-order valence-corrected chi connectivity index (χ3v) is 5.22. The number of hydrogen-bond acceptors (Lipinski definition) is 4. The van der Waals surface area contributed by atoms with Crippen molar-refractivity contribution in [2.45, 2.75) is 16.8 Å². The molecule has 0 unspecified atom stereocenters. The Kier molecular flexibility index (Phi) is 3.86. The van der Waals surface area contributed by atoms with Crippen LogP contribution in [0.5, 0.6) is 0 Å². The van der Waals surface area contributed by atoms with Gasteiger partial charge in [-0.3, -0.25) is 4.79 Å². The van der Waals surface area contributed by atoms with Gasteiger partial charge in [0.25, 0.3) is 5.91 Å². The molecule has 1 aromatic heterocycles. The van der Waals surface area contributed by atoms with Gasteiger partial charge in [0.2, 0.25) is 0 Å². The van der Waals surface area contributed by atoms with E-state index < -0.39 is 0 Å². The lowest BCUT2D eigenvalue weighted by molar-refractivity contribution is 0.0868. The Hall–Kier alpha value is -2.18. The van der Waals surface area contributed by atoms with E-state index in [0.717, 1.165) is 5.56 Å². The molecular formula is C17H11ClFN3OS. The normalized spacial score (nSPS) is 16.9. The maximum absolute atomic E-state index is 13.0. The van der Waals surface area contributed by atoms with Crippen molar-refractivity contribution in [2.24, 2.45) is 0 Å². The molecule has 1 aliphatic heterocycles. The lowest BCUT2D eigenvalue weighted by atomic mass is 10.1. The van der Waals surface area contributed by atoms with Crippen LogP contribution in [0.2, 0.25) is 5.02 Å². The van der Waals surface area contributed by atoms with Gasteiger partial charge in [-0.25, -0.2) is 9.37 Å². The van der Waals surface area contributed by atoms with Gasteiger partial charge >= 0.3 is 0 Å². The lowest BCUT2D eigenvalue weighted by Crippen LogP contribution is -2.20. The highest BCUT2D eigenvalue weighted by molar-refractivity contribution is 7.99. The lowest BCUT2D eigenvalue weighted by Gasteiger charge is -2.20. The first-order chi connectivity index (χ1) is 11.6. The highest BCUT2D eigenvalue weighted by atomic mass is 35.5. The first kappa shape index (κ1) is 15.4. The fourth-order valence-corrected chi connectivity index (χ4v) is 3.82. The Morgan fingerprint density at radius 3 is 2.54 bits per heavy atom. The van der Waals surface area contributed by atoms with Gasteiger partial charge in [0.1, 0.15) is 5.82 Å². The van der Waals surface area contributed by atoms with Crippen molar-refractivity contribution in [3.05, 3.63) is 64.9 Å². The Bertz CT molecular complexity index is 909. The molecular weight excluding hydrogens is 349 g/mol. The van der Waals surface area contributed by atoms with Crippen LogP contribution in [-0.2, 0) is 0 Å². The molecule has 1 atom stereocenters. The van der Waals surface area contributed by atoms with Crippen molar-refractivity contribution in [2.75, 3.05) is 0 Å². The molecule has 24 heavy (non-hydrogen) atoms. The summed E-state index contributed by atoms with van der Waals surface area (Å²) in [5.41, 5.74) is 1.70. The van der Waals surface area contributed by atoms with Crippen LogP contribution in [0, 0.1) is 5.82 Å². The summed E-state index contributed by atoms with van der Waals surface area (Å²) in [4.78, 5) is 16.8. The molecule has 2 aromatic carbocycles. The predicted octanol–water partition coefficient (Wildman–Crippen LogP) is 4.61. The van der Waals surface area contributed by atoms with Crippen LogP contribution in [0.1, 0.15) is 22.0 Å². The molecule has 7 heteroatoms. The number of carbonyl (C=O) groups is 1. The summed E-state index contributed by atoms with van der Waals surface area (Å²) < 4.78 is 14.4. The molecule has 2 heterocycles. The minimum absolute atomic E-state index is 0.0208. The monoisotopic (exact) mass is 359 g/mol. The second-order valence-electron chi connectivity index (χ2n) is 5.39. The number of carbonyl (C=O) groups excluding carboxylic acids is 1. The van der Waals surface area contributed by atoms with Gasteiger partial charge in [-0.05, 0) is 42.0 Å². The van der Waals surface area contributed by atoms with E-state index in [-0.39, 0.29) is 17.0 Å². The molecule has 4 rings (SSSR count). The summed E-state index contributed by atoms with van der Waals surface area (Å²) in [5, 5.41) is 5.45. The molecule has 0 aliphatic carbocycles. The number of nitrogens with zero attached hydrogens (tertiary/aromatic N) is 3. The summed E-state index contributed by atoms with van der Waals surface area (Å²) in [7, 11) is 0. The highest BCUT2D eigenvalue weighted by Crippen LogP contribution is 2.41. The van der Waals surface area contributed by atoms with Crippen LogP contribution in [0.15, 0.2) is 53.7 Å². The van der Waals surface area contributed by atoms with Crippen LogP contribution in [0.3, 0.4) is 0 Å². The van der Waals surface area contributed by atoms with Crippen LogP contribution < -0.4 is 0 Å². The van der Waals surface area contributed by atoms with E-state index >= 15 is 0 Å². The number of thioether (sulfide) groups is 1. The minimum Gasteiger partial charge on any atom is -0.272 e. The molecule has 0 fully saturated rings. The number of aromatic nitrogens is 3. The standard InChI is InChI=1S/C17H11ClFN3OS/c18-12-5-1-10(2-6-12)14-9-15(23)22-17(24-14)20-16(21-22)11-3-7-13(19)8-4-11/h1-8,14H,9H2/t14-/m0/s1. The zero-order valence-corrected chi connectivity index (χ0v) is 13.9. The Morgan fingerprint density at radius 1 is 1.12 bits per heavy atom. The molecule has 1 aliphatic rings. The Morgan fingerprint density at radius 2 is 1.83 bits per heavy atom. The molecule has 3 aromatic rings. The molecule has 0 amide bonds. The maximum atomic E-state index is 13.0. The molecule has 0 bridgehead atoms. The van der Waals surface area contributed by atoms with Gasteiger partial charge in [-0.1, -0.05) is 35.5 Å². The molecule has 0 saturated heterocycles. The van der Waals surface area contributed by atoms with Crippen LogP contribution in [0.4, 0.5) is 4.39 Å². The number of halogens is 2. The molecule has 4 nitrogen and oxygen atoms in total. The first-order valence-electron chi connectivity index (χ1n) is 7.28. The van der Waals surface area contributed by atoms with E-state index in [1.54, 1.807) is 12.1 Å². The summed E-state index contributed by atoms with van der Waals surface area (Å²) in [6.07, 6.45) is 0.339. The molecule has 120 valence electrons. The van der Waals surface area contributed by atoms with Crippen LogP contribution in [-0.4, -0.2) is 20.7 Å². The first-order valence-corrected chi connectivity index (χ1v) is 8.54. The van der Waals surface area contributed by atoms with Crippen molar-refractivity contribution in [3.63, 3.8) is 0 Å². The van der Waals surface area contributed by atoms with E-state index in [4.69, 9.17) is 11.6 Å². The number of fused-ring (bicyclic) bond motifs is 1. The SMILES string of the molecule is O=C1C[C@@H](c2ccc(Cl)cc2)Sc2nc(-c3ccc(F)cc3)nn21. The Balaban J connectivity index is 1.66. The van der Waals surface area contributed by atoms with E-state index in [9.17, 15) is 9.18 Å². The third kappa shape index (κ3) is 2.83. The van der Waals surface area contributed by atoms with Gasteiger partial charge < -0.3 is 0 Å². The Labute approximate surface area is 146 Å². The van der Waals surface area contributed by atoms with Gasteiger partial charge in [0.05, 0.1) is 0 Å². The van der Waals surface area contributed by atoms with Crippen LogP contribution >= 0.6 is 23.4 Å². The number of hydrogen-bond donors (Lipinski definition) is 0. The fraction of sp³-hybridized carbons (Fsp3) is 0.118. The highest BCUT2D eigenvalue weighted by Gasteiger charge is 2.30. The summed E-state index contributed by atoms with van der Waals surface area (Å²) in [6.45, 7) is 0. The van der Waals surface area contributed by atoms with Crippen molar-refractivity contribution < 1.29 is 9.18 Å². The summed E-state index contributed by atoms with van der Waals surface area (Å²) in [6, 6.07) is 13.4. The number of benzene rings is 2. The van der Waals surface area contributed by atoms with Gasteiger partial charge in [0.15, 0.2) is 11.0 Å². The third-order valence-electron chi connectivity index (χ3n) is 3.77. The maximum Gasteiger partial charge on any atom is 0.250 e. The van der Waals surface area contributed by atoms with Gasteiger partial charge in [0, 0.05) is 22.3 Å². The predicted molar refractivity (Wildman–Crippen MR) is 90.7 cm³/mol. The zero-order valence-electron chi connectivity index (χ0n) is 12.3. The van der Waals surface area contributed by atoms with Crippen molar-refractivity contribution in [3.8, 4) is 11.4 Å². The minimum atomic E-state index is -0.323. The molecule has 0 N–H and O–H groups in total. The van der Waals surface area contributed by atoms with Gasteiger partial charge in [-0.15, -0.1) is 5.10 Å². The number of rotatable bonds is 2. The fourth-order valence-electron chi connectivity index (χ4n) is 2.54. The summed E-state index contributed by atoms with van der Waals surface area (Å²) in [5.74, 6) is -0.0110. The average molecular weight is 360 g/mol. The second-order valence-corrected chi connectivity index (χ2v) is 7.00. The van der Waals surface area contributed by atoms with E-state index in [2.05, 4.69) is 10.1 Å². The van der Waals surface area contributed by atoms with E-state index in [0.29, 0.717) is 28.0 Å².